The number of rotatable bonds is 1. The first kappa shape index (κ1) is 15.7. The Morgan fingerprint density at radius 1 is 1.00 bits per heavy atom. The summed E-state index contributed by atoms with van der Waals surface area (Å²) >= 11 is 0. The van der Waals surface area contributed by atoms with Crippen molar-refractivity contribution < 1.29 is 9.53 Å². The lowest BCUT2D eigenvalue weighted by Gasteiger charge is -2.64. The number of fused-ring (bicyclic) bond motifs is 3. The lowest BCUT2D eigenvalue weighted by Crippen LogP contribution is -2.58. The molecule has 3 saturated carbocycles. The fourth-order valence-corrected chi connectivity index (χ4v) is 7.61. The topological polar surface area (TPSA) is 26.3 Å². The molecule has 0 aromatic heterocycles. The summed E-state index contributed by atoms with van der Waals surface area (Å²) in [6.07, 6.45) is 15.1. The van der Waals surface area contributed by atoms with Crippen LogP contribution in [0.3, 0.4) is 0 Å². The Hall–Kier alpha value is -0.790. The molecule has 4 aliphatic rings. The van der Waals surface area contributed by atoms with E-state index in [1.807, 2.05) is 0 Å². The van der Waals surface area contributed by atoms with Gasteiger partial charge >= 0.3 is 5.97 Å². The van der Waals surface area contributed by atoms with Crippen LogP contribution in [0.15, 0.2) is 12.2 Å². The molecule has 0 unspecified atom stereocenters. The summed E-state index contributed by atoms with van der Waals surface area (Å²) in [7, 11) is 1.57. The van der Waals surface area contributed by atoms with Crippen molar-refractivity contribution in [3.05, 3.63) is 12.2 Å². The monoisotopic (exact) mass is 316 g/mol. The van der Waals surface area contributed by atoms with Crippen molar-refractivity contribution in [2.24, 2.45) is 33.5 Å². The number of methoxy groups -OCH3 is 1. The number of carbonyl (C=O) groups is 1. The van der Waals surface area contributed by atoms with Gasteiger partial charge in [0.2, 0.25) is 0 Å². The van der Waals surface area contributed by atoms with E-state index in [9.17, 15) is 4.79 Å². The fraction of sp³-hybridized carbons (Fsp3) is 0.857. The van der Waals surface area contributed by atoms with Gasteiger partial charge in [0.15, 0.2) is 0 Å². The quantitative estimate of drug-likeness (QED) is 0.495. The van der Waals surface area contributed by atoms with Crippen molar-refractivity contribution in [2.75, 3.05) is 7.11 Å². The normalized spacial score (nSPS) is 54.3. The van der Waals surface area contributed by atoms with Crippen molar-refractivity contribution in [3.8, 4) is 0 Å². The maximum Gasteiger partial charge on any atom is 0.311 e. The molecule has 3 fully saturated rings. The predicted molar refractivity (Wildman–Crippen MR) is 91.8 cm³/mol. The Labute approximate surface area is 141 Å². The van der Waals surface area contributed by atoms with Crippen LogP contribution in [0.2, 0.25) is 0 Å². The Morgan fingerprint density at radius 3 is 2.48 bits per heavy atom. The van der Waals surface area contributed by atoms with Crippen LogP contribution in [-0.4, -0.2) is 13.1 Å². The molecule has 0 heterocycles. The van der Waals surface area contributed by atoms with E-state index in [2.05, 4.69) is 32.9 Å². The minimum absolute atomic E-state index is 0.0342. The molecule has 4 rings (SSSR count). The molecule has 4 aliphatic carbocycles. The molecule has 2 nitrogen and oxygen atoms in total. The summed E-state index contributed by atoms with van der Waals surface area (Å²) in [5.41, 5.74) is 0.897. The number of allylic oxidation sites excluding steroid dienone is 2. The third kappa shape index (κ3) is 1.90. The maximum absolute atomic E-state index is 12.6. The van der Waals surface area contributed by atoms with Gasteiger partial charge in [0, 0.05) is 0 Å². The average Bonchev–Trinajstić information content (AvgIpc) is 2.76. The predicted octanol–water partition coefficient (Wildman–Crippen LogP) is 5.13. The first-order chi connectivity index (χ1) is 10.8. The molecule has 0 aliphatic heterocycles. The standard InChI is InChI=1S/C21H32O2/c1-18-10-6-16-19(2)8-5-9-20(3,17(22)23-4)15(19)7-11-21(16,14-18)13-12-18/h12-13,15-16H,5-11,14H2,1-4H3/t15-,16+,18+,19+,20+,21+/m0/s1. The number of ether oxygens (including phenoxy) is 1. The van der Waals surface area contributed by atoms with E-state index < -0.39 is 0 Å². The SMILES string of the molecule is COC(=O)[C@]1(C)CCC[C@@]2(C)[C@H]3CC[C@]4(C)C=C[C@]3(CC[C@@H]21)C4. The summed E-state index contributed by atoms with van der Waals surface area (Å²) in [5.74, 6) is 1.28. The van der Waals surface area contributed by atoms with Gasteiger partial charge in [-0.2, -0.15) is 0 Å². The highest BCUT2D eigenvalue weighted by Gasteiger charge is 2.65. The average molecular weight is 316 g/mol. The highest BCUT2D eigenvalue weighted by Crippen LogP contribution is 2.71. The van der Waals surface area contributed by atoms with E-state index in [4.69, 9.17) is 4.74 Å². The van der Waals surface area contributed by atoms with Gasteiger partial charge in [-0.1, -0.05) is 32.4 Å². The van der Waals surface area contributed by atoms with Crippen molar-refractivity contribution >= 4 is 5.97 Å². The zero-order valence-corrected chi connectivity index (χ0v) is 15.3. The van der Waals surface area contributed by atoms with Gasteiger partial charge in [-0.3, -0.25) is 4.79 Å². The van der Waals surface area contributed by atoms with Gasteiger partial charge in [0.05, 0.1) is 12.5 Å². The second-order valence-electron chi connectivity index (χ2n) is 9.85. The summed E-state index contributed by atoms with van der Waals surface area (Å²) in [6.45, 7) is 7.15. The van der Waals surface area contributed by atoms with Crippen LogP contribution in [0.1, 0.15) is 72.1 Å². The van der Waals surface area contributed by atoms with Crippen molar-refractivity contribution in [3.63, 3.8) is 0 Å². The molecule has 1 spiro atoms. The van der Waals surface area contributed by atoms with E-state index in [1.54, 1.807) is 7.11 Å². The molecule has 2 heteroatoms. The molecule has 128 valence electrons. The fourth-order valence-electron chi connectivity index (χ4n) is 7.61. The molecule has 0 radical (unpaired) electrons. The lowest BCUT2D eigenvalue weighted by atomic mass is 9.40. The minimum Gasteiger partial charge on any atom is -0.469 e. The summed E-state index contributed by atoms with van der Waals surface area (Å²) in [6, 6.07) is 0. The van der Waals surface area contributed by atoms with E-state index >= 15 is 0 Å². The van der Waals surface area contributed by atoms with Crippen molar-refractivity contribution in [1.82, 2.24) is 0 Å². The first-order valence-electron chi connectivity index (χ1n) is 9.57. The molecule has 0 amide bonds. The Balaban J connectivity index is 1.73. The van der Waals surface area contributed by atoms with Crippen molar-refractivity contribution in [1.29, 1.82) is 0 Å². The summed E-state index contributed by atoms with van der Waals surface area (Å²) in [4.78, 5) is 12.6. The van der Waals surface area contributed by atoms with Crippen LogP contribution >= 0.6 is 0 Å². The van der Waals surface area contributed by atoms with Crippen LogP contribution < -0.4 is 0 Å². The van der Waals surface area contributed by atoms with Gasteiger partial charge in [-0.05, 0) is 80.0 Å². The zero-order chi connectivity index (χ0) is 16.5. The molecule has 0 aromatic carbocycles. The first-order valence-corrected chi connectivity index (χ1v) is 9.57. The third-order valence-electron chi connectivity index (χ3n) is 8.57. The van der Waals surface area contributed by atoms with E-state index in [0.29, 0.717) is 22.2 Å². The van der Waals surface area contributed by atoms with E-state index in [0.717, 1.165) is 12.3 Å². The smallest absolute Gasteiger partial charge is 0.311 e. The molecular weight excluding hydrogens is 284 g/mol. The van der Waals surface area contributed by atoms with Gasteiger partial charge < -0.3 is 4.74 Å². The minimum atomic E-state index is -0.271. The van der Waals surface area contributed by atoms with Gasteiger partial charge in [-0.25, -0.2) is 0 Å². The summed E-state index contributed by atoms with van der Waals surface area (Å²) < 4.78 is 5.25. The summed E-state index contributed by atoms with van der Waals surface area (Å²) in [5, 5.41) is 0. The molecule has 0 aromatic rings. The van der Waals surface area contributed by atoms with Crippen LogP contribution in [0, 0.1) is 33.5 Å². The zero-order valence-electron chi connectivity index (χ0n) is 15.3. The van der Waals surface area contributed by atoms with Crippen molar-refractivity contribution in [2.45, 2.75) is 72.1 Å². The van der Waals surface area contributed by atoms with Crippen LogP contribution in [-0.2, 0) is 9.53 Å². The lowest BCUT2D eigenvalue weighted by molar-refractivity contribution is -0.182. The number of hydrogen-bond acceptors (Lipinski definition) is 2. The Bertz CT molecular complexity index is 560. The highest BCUT2D eigenvalue weighted by atomic mass is 16.5. The Morgan fingerprint density at radius 2 is 1.74 bits per heavy atom. The third-order valence-corrected chi connectivity index (χ3v) is 8.57. The number of hydrogen-bond donors (Lipinski definition) is 0. The van der Waals surface area contributed by atoms with Crippen LogP contribution in [0.5, 0.6) is 0 Å². The molecule has 0 saturated heterocycles. The number of carbonyl (C=O) groups excluding carboxylic acids is 1. The van der Waals surface area contributed by atoms with E-state index in [-0.39, 0.29) is 11.4 Å². The van der Waals surface area contributed by atoms with Gasteiger partial charge in [-0.15, -0.1) is 0 Å². The van der Waals surface area contributed by atoms with Crippen LogP contribution in [0.4, 0.5) is 0 Å². The van der Waals surface area contributed by atoms with Gasteiger partial charge in [0.25, 0.3) is 0 Å². The largest absolute Gasteiger partial charge is 0.469 e. The highest BCUT2D eigenvalue weighted by molar-refractivity contribution is 5.77. The van der Waals surface area contributed by atoms with Crippen LogP contribution in [0.25, 0.3) is 0 Å². The second kappa shape index (κ2) is 4.64. The molecule has 2 bridgehead atoms. The molecule has 6 atom stereocenters. The maximum atomic E-state index is 12.6. The van der Waals surface area contributed by atoms with Gasteiger partial charge in [0.1, 0.15) is 0 Å². The van der Waals surface area contributed by atoms with E-state index in [1.165, 1.54) is 44.9 Å². The Kier molecular flexibility index (Phi) is 3.17. The second-order valence-corrected chi connectivity index (χ2v) is 9.85. The molecule has 0 N–H and O–H groups in total. The molecular formula is C21H32O2. The number of esters is 1. The molecule has 23 heavy (non-hydrogen) atoms.